The summed E-state index contributed by atoms with van der Waals surface area (Å²) >= 11 is 12.2. The molecule has 9 nitrogen and oxygen atoms in total. The number of hydrogen-bond donors (Lipinski definition) is 0. The number of nitrogens with zero attached hydrogens (tertiary/aromatic N) is 3. The van der Waals surface area contributed by atoms with Gasteiger partial charge in [0, 0.05) is 27.2 Å². The lowest BCUT2D eigenvalue weighted by molar-refractivity contribution is -0.384. The van der Waals surface area contributed by atoms with Crippen LogP contribution in [0.5, 0.6) is 5.75 Å². The molecular weight excluding hydrogens is 830 g/mol. The van der Waals surface area contributed by atoms with Crippen LogP contribution >= 0.6 is 61.5 Å². The van der Waals surface area contributed by atoms with Crippen LogP contribution in [0.2, 0.25) is 5.02 Å². The first-order chi connectivity index (χ1) is 21.8. The Kier molecular flexibility index (Phi) is 10.0. The van der Waals surface area contributed by atoms with Gasteiger partial charge in [-0.25, -0.2) is 9.79 Å². The number of hydrogen-bond acceptors (Lipinski definition) is 8. The highest BCUT2D eigenvalue weighted by Gasteiger charge is 2.45. The Morgan fingerprint density at radius 1 is 1.20 bits per heavy atom. The Morgan fingerprint density at radius 2 is 1.87 bits per heavy atom. The van der Waals surface area contributed by atoms with Crippen molar-refractivity contribution in [1.29, 1.82) is 0 Å². The number of ether oxygens (including phenoxy) is 2. The van der Waals surface area contributed by atoms with Crippen molar-refractivity contribution >= 4 is 79.2 Å². The summed E-state index contributed by atoms with van der Waals surface area (Å²) in [5.74, 6) is -0.887. The van der Waals surface area contributed by atoms with Crippen LogP contribution in [0.3, 0.4) is 0 Å². The number of thiazole rings is 1. The Morgan fingerprint density at radius 3 is 2.48 bits per heavy atom. The molecule has 0 aliphatic carbocycles. The molecule has 16 heteroatoms. The molecule has 1 aliphatic rings. The van der Waals surface area contributed by atoms with Gasteiger partial charge in [-0.3, -0.25) is 19.5 Å². The molecule has 0 fully saturated rings. The van der Waals surface area contributed by atoms with Crippen LogP contribution in [0.15, 0.2) is 86.2 Å². The van der Waals surface area contributed by atoms with E-state index in [1.54, 1.807) is 24.3 Å². The topological polar surface area (TPSA) is 113 Å². The second-order valence-electron chi connectivity index (χ2n) is 9.63. The first kappa shape index (κ1) is 33.8. The van der Waals surface area contributed by atoms with Gasteiger partial charge in [0.1, 0.15) is 12.4 Å². The van der Waals surface area contributed by atoms with Crippen molar-refractivity contribution in [3.63, 3.8) is 0 Å². The first-order valence-corrected chi connectivity index (χ1v) is 16.3. The van der Waals surface area contributed by atoms with Crippen LogP contribution in [0.4, 0.5) is 18.9 Å². The van der Waals surface area contributed by atoms with Gasteiger partial charge in [0.05, 0.1) is 31.2 Å². The van der Waals surface area contributed by atoms with Gasteiger partial charge < -0.3 is 9.47 Å². The minimum absolute atomic E-state index is 0.0263. The molecule has 0 spiro atoms. The summed E-state index contributed by atoms with van der Waals surface area (Å²) in [5, 5.41) is 11.3. The van der Waals surface area contributed by atoms with Gasteiger partial charge in [0.2, 0.25) is 0 Å². The van der Waals surface area contributed by atoms with Crippen LogP contribution in [0, 0.1) is 13.7 Å². The van der Waals surface area contributed by atoms with E-state index in [9.17, 15) is 32.9 Å². The number of rotatable bonds is 8. The van der Waals surface area contributed by atoms with E-state index in [0.717, 1.165) is 15.9 Å². The summed E-state index contributed by atoms with van der Waals surface area (Å²) in [6.07, 6.45) is -3.57. The number of nitro benzene ring substituents is 1. The molecule has 0 saturated heterocycles. The average Bonchev–Trinajstić information content (AvgIpc) is 3.30. The second-order valence-corrected chi connectivity index (χ2v) is 13.2. The van der Waals surface area contributed by atoms with E-state index in [1.807, 2.05) is 22.6 Å². The van der Waals surface area contributed by atoms with Gasteiger partial charge >= 0.3 is 12.1 Å². The molecule has 1 atom stereocenters. The van der Waals surface area contributed by atoms with Crippen LogP contribution in [0.25, 0.3) is 6.08 Å². The van der Waals surface area contributed by atoms with E-state index in [2.05, 4.69) is 20.9 Å². The van der Waals surface area contributed by atoms with E-state index in [4.69, 9.17) is 21.1 Å². The fourth-order valence-corrected chi connectivity index (χ4v) is 7.48. The van der Waals surface area contributed by atoms with Crippen LogP contribution in [-0.4, -0.2) is 28.2 Å². The van der Waals surface area contributed by atoms with Gasteiger partial charge in [-0.15, -0.1) is 0 Å². The molecule has 46 heavy (non-hydrogen) atoms. The van der Waals surface area contributed by atoms with Gasteiger partial charge in [0.15, 0.2) is 10.5 Å². The van der Waals surface area contributed by atoms with E-state index < -0.39 is 39.9 Å². The monoisotopic (exact) mass is 847 g/mol. The van der Waals surface area contributed by atoms with Gasteiger partial charge in [0.25, 0.3) is 11.2 Å². The molecule has 3 aromatic carbocycles. The Balaban J connectivity index is 1.67. The third kappa shape index (κ3) is 7.06. The number of halogens is 6. The lowest BCUT2D eigenvalue weighted by Gasteiger charge is -2.26. The van der Waals surface area contributed by atoms with Crippen molar-refractivity contribution < 1.29 is 32.4 Å². The van der Waals surface area contributed by atoms with Gasteiger partial charge in [-0.2, -0.15) is 13.2 Å². The maximum atomic E-state index is 14.4. The zero-order valence-corrected chi connectivity index (χ0v) is 28.6. The van der Waals surface area contributed by atoms with Crippen molar-refractivity contribution in [2.45, 2.75) is 25.7 Å². The maximum Gasteiger partial charge on any atom is 0.434 e. The quantitative estimate of drug-likeness (QED) is 0.0831. The van der Waals surface area contributed by atoms with Crippen molar-refractivity contribution in [1.82, 2.24) is 4.57 Å². The zero-order valence-electron chi connectivity index (χ0n) is 23.3. The van der Waals surface area contributed by atoms with Crippen molar-refractivity contribution in [3.05, 3.63) is 131 Å². The molecule has 0 N–H and O–H groups in total. The van der Waals surface area contributed by atoms with E-state index >= 15 is 0 Å². The number of fused-ring (bicyclic) bond motifs is 1. The van der Waals surface area contributed by atoms with Crippen LogP contribution < -0.4 is 19.6 Å². The summed E-state index contributed by atoms with van der Waals surface area (Å²) in [6, 6.07) is 13.5. The molecule has 238 valence electrons. The summed E-state index contributed by atoms with van der Waals surface area (Å²) in [7, 11) is 0. The van der Waals surface area contributed by atoms with Crippen molar-refractivity contribution in [2.24, 2.45) is 4.99 Å². The molecule has 1 aliphatic heterocycles. The summed E-state index contributed by atoms with van der Waals surface area (Å²) in [5.41, 5.74) is -1.78. The lowest BCUT2D eigenvalue weighted by atomic mass is 9.95. The van der Waals surface area contributed by atoms with E-state index in [-0.39, 0.29) is 33.8 Å². The molecule has 0 unspecified atom stereocenters. The minimum atomic E-state index is -5.04. The fraction of sp³-hybridized carbons (Fsp3) is 0.167. The largest absolute Gasteiger partial charge is 0.487 e. The summed E-state index contributed by atoms with van der Waals surface area (Å²) in [4.78, 5) is 41.0. The summed E-state index contributed by atoms with van der Waals surface area (Å²) in [6.45, 7) is 1.29. The smallest absolute Gasteiger partial charge is 0.434 e. The molecule has 0 radical (unpaired) electrons. The Bertz CT molecular complexity index is 2070. The molecule has 5 rings (SSSR count). The number of carbonyl (C=O) groups is 1. The predicted molar refractivity (Wildman–Crippen MR) is 177 cm³/mol. The number of carbonyl (C=O) groups excluding carboxylic acids is 1. The highest BCUT2D eigenvalue weighted by molar-refractivity contribution is 14.1. The van der Waals surface area contributed by atoms with Crippen molar-refractivity contribution in [2.75, 3.05) is 6.61 Å². The zero-order chi connectivity index (χ0) is 33.3. The minimum Gasteiger partial charge on any atom is -0.487 e. The summed E-state index contributed by atoms with van der Waals surface area (Å²) < 4.78 is 56.6. The number of nitro groups is 1. The number of benzene rings is 3. The predicted octanol–water partition coefficient (Wildman–Crippen LogP) is 6.85. The van der Waals surface area contributed by atoms with Crippen LogP contribution in [-0.2, 0) is 16.1 Å². The third-order valence-electron chi connectivity index (χ3n) is 6.63. The maximum absolute atomic E-state index is 14.4. The third-order valence-corrected chi connectivity index (χ3v) is 9.13. The number of aromatic nitrogens is 1. The number of non-ortho nitro benzene ring substituents is 1. The fourth-order valence-electron chi connectivity index (χ4n) is 4.65. The molecule has 4 aromatic rings. The molecule has 0 amide bonds. The lowest BCUT2D eigenvalue weighted by Crippen LogP contribution is -2.41. The molecule has 0 bridgehead atoms. The number of esters is 1. The van der Waals surface area contributed by atoms with E-state index in [1.165, 1.54) is 49.4 Å². The second kappa shape index (κ2) is 13.7. The van der Waals surface area contributed by atoms with Crippen LogP contribution in [0.1, 0.15) is 29.7 Å². The van der Waals surface area contributed by atoms with Gasteiger partial charge in [-0.1, -0.05) is 51.0 Å². The highest BCUT2D eigenvalue weighted by Crippen LogP contribution is 2.38. The molecule has 1 aromatic heterocycles. The average molecular weight is 849 g/mol. The molecule has 0 saturated carbocycles. The highest BCUT2D eigenvalue weighted by atomic mass is 127. The number of alkyl halides is 3. The van der Waals surface area contributed by atoms with E-state index in [0.29, 0.717) is 29.9 Å². The first-order valence-electron chi connectivity index (χ1n) is 13.2. The van der Waals surface area contributed by atoms with Crippen molar-refractivity contribution in [3.8, 4) is 5.75 Å². The normalized spacial score (nSPS) is 14.9. The molecular formula is C30H19BrClF3IN3O6S. The standard InChI is InChI=1S/C30H19BrClF3IN3O6S/c1-2-44-28(41)23-24(16-5-7-19(32)8-6-16)38-27(40)22(46-29(38)37-26(23)30(33,34)35)12-17-11-18(31)13-21(36)25(17)45-14-15-3-9-20(10-4-15)39(42)43/h3-13,24H,2,14H2,1H3/b22-12-/t24-/m1/s1. The SMILES string of the molecule is CCOC(=O)C1=C(C(F)(F)F)N=c2s/c(=C\c3cc(Br)cc(I)c3OCc3ccc([N+](=O)[O-])cc3)c(=O)n2[C@@H]1c1ccc(Cl)cc1. The van der Waals surface area contributed by atoms with Gasteiger partial charge in [-0.05, 0) is 83.1 Å². The molecule has 2 heterocycles. The number of allylic oxidation sites excluding steroid dienone is 1. The Hall–Kier alpha value is -3.54. The Labute approximate surface area is 289 Å².